The molecule has 0 aromatic carbocycles. The maximum atomic E-state index is 13.3. The summed E-state index contributed by atoms with van der Waals surface area (Å²) in [5.41, 5.74) is 1.25. The molecule has 13 heteroatoms. The molecule has 12 nitrogen and oxygen atoms in total. The minimum atomic E-state index is -3.38. The SMILES string of the molecule is COC(=O)c1cnnc(N2CC3(CCC3)c3c2ncnc3N2C[C@@H](C)N(C(=O)C3CCCS3(=O)=O)C[C@@H]2C)c1. The van der Waals surface area contributed by atoms with E-state index in [9.17, 15) is 18.0 Å². The van der Waals surface area contributed by atoms with Crippen LogP contribution in [0.15, 0.2) is 18.6 Å². The van der Waals surface area contributed by atoms with Crippen molar-refractivity contribution in [2.75, 3.05) is 42.3 Å². The first-order valence-corrected chi connectivity index (χ1v) is 15.2. The number of carbonyl (C=O) groups excluding carboxylic acids is 2. The summed E-state index contributed by atoms with van der Waals surface area (Å²) in [4.78, 5) is 40.9. The van der Waals surface area contributed by atoms with E-state index >= 15 is 0 Å². The molecular weight excluding hydrogens is 522 g/mol. The lowest BCUT2D eigenvalue weighted by atomic mass is 9.66. The summed E-state index contributed by atoms with van der Waals surface area (Å²) < 4.78 is 29.8. The van der Waals surface area contributed by atoms with Gasteiger partial charge in [0.25, 0.3) is 0 Å². The lowest BCUT2D eigenvalue weighted by Gasteiger charge is -2.47. The van der Waals surface area contributed by atoms with E-state index in [4.69, 9.17) is 9.72 Å². The van der Waals surface area contributed by atoms with E-state index in [0.717, 1.165) is 36.5 Å². The fraction of sp³-hybridized carbons (Fsp3) is 0.615. The number of ether oxygens (including phenoxy) is 1. The molecule has 0 bridgehead atoms. The third-order valence-corrected chi connectivity index (χ3v) is 11.0. The lowest BCUT2D eigenvalue weighted by Crippen LogP contribution is -2.60. The standard InChI is InChI=1S/C26H33N7O5S/c1-16-13-32(24(34)19-6-4-9-39(19,36)37)17(2)12-31(16)22-21-23(28-15-27-22)33(14-26(21)7-5-8-26)20-10-18(11-29-30-20)25(35)38-3/h10-11,15-17,19H,4-9,12-14H2,1-3H3/t16-,17+,19?/m0/s1. The molecule has 0 radical (unpaired) electrons. The Bertz CT molecular complexity index is 1430. The summed E-state index contributed by atoms with van der Waals surface area (Å²) in [6.07, 6.45) is 6.96. The van der Waals surface area contributed by atoms with Crippen LogP contribution < -0.4 is 9.80 Å². The topological polar surface area (TPSA) is 139 Å². The van der Waals surface area contributed by atoms with Gasteiger partial charge in [0.05, 0.1) is 24.6 Å². The van der Waals surface area contributed by atoms with Crippen molar-refractivity contribution in [1.29, 1.82) is 0 Å². The lowest BCUT2D eigenvalue weighted by molar-refractivity contribution is -0.133. The van der Waals surface area contributed by atoms with Crippen LogP contribution in [0, 0.1) is 0 Å². The average Bonchev–Trinajstić information content (AvgIpc) is 3.46. The number of anilines is 3. The smallest absolute Gasteiger partial charge is 0.339 e. The van der Waals surface area contributed by atoms with Crippen LogP contribution >= 0.6 is 0 Å². The number of nitrogens with zero attached hydrogens (tertiary/aromatic N) is 7. The summed E-state index contributed by atoms with van der Waals surface area (Å²) >= 11 is 0. The van der Waals surface area contributed by atoms with Crippen LogP contribution in [0.1, 0.15) is 61.9 Å². The van der Waals surface area contributed by atoms with Gasteiger partial charge in [-0.25, -0.2) is 23.2 Å². The van der Waals surface area contributed by atoms with Crippen LogP contribution in [0.25, 0.3) is 0 Å². The minimum Gasteiger partial charge on any atom is -0.465 e. The van der Waals surface area contributed by atoms with Crippen molar-refractivity contribution >= 4 is 39.2 Å². The molecule has 1 spiro atoms. The number of piperazine rings is 1. The maximum absolute atomic E-state index is 13.3. The molecule has 5 heterocycles. The summed E-state index contributed by atoms with van der Waals surface area (Å²) in [6.45, 7) is 5.65. The quantitative estimate of drug-likeness (QED) is 0.509. The minimum absolute atomic E-state index is 0.0677. The normalized spacial score (nSPS) is 26.8. The third kappa shape index (κ3) is 4.12. The number of hydrogen-bond donors (Lipinski definition) is 0. The molecule has 39 heavy (non-hydrogen) atoms. The molecule has 1 unspecified atom stereocenters. The average molecular weight is 556 g/mol. The summed E-state index contributed by atoms with van der Waals surface area (Å²) in [7, 11) is -2.04. The van der Waals surface area contributed by atoms with Crippen molar-refractivity contribution in [2.24, 2.45) is 0 Å². The second-order valence-electron chi connectivity index (χ2n) is 11.2. The van der Waals surface area contributed by atoms with Crippen molar-refractivity contribution in [3.8, 4) is 0 Å². The van der Waals surface area contributed by atoms with E-state index in [-0.39, 0.29) is 29.2 Å². The first kappa shape index (κ1) is 25.9. The van der Waals surface area contributed by atoms with Crippen LogP contribution in [-0.2, 0) is 24.8 Å². The zero-order valence-electron chi connectivity index (χ0n) is 22.4. The van der Waals surface area contributed by atoms with E-state index in [1.807, 2.05) is 11.8 Å². The summed E-state index contributed by atoms with van der Waals surface area (Å²) in [5, 5.41) is 7.43. The van der Waals surface area contributed by atoms with Gasteiger partial charge >= 0.3 is 5.97 Å². The van der Waals surface area contributed by atoms with Crippen LogP contribution in [-0.4, -0.2) is 95.2 Å². The summed E-state index contributed by atoms with van der Waals surface area (Å²) in [5.74, 6) is 1.47. The Balaban J connectivity index is 1.32. The maximum Gasteiger partial charge on any atom is 0.339 e. The number of aromatic nitrogens is 4. The van der Waals surface area contributed by atoms with E-state index in [1.165, 1.54) is 13.3 Å². The van der Waals surface area contributed by atoms with Crippen molar-refractivity contribution in [2.45, 2.75) is 68.7 Å². The highest BCUT2D eigenvalue weighted by molar-refractivity contribution is 7.93. The molecule has 1 amide bonds. The van der Waals surface area contributed by atoms with Gasteiger partial charge in [0.2, 0.25) is 5.91 Å². The van der Waals surface area contributed by atoms with E-state index in [1.54, 1.807) is 17.3 Å². The van der Waals surface area contributed by atoms with Crippen molar-refractivity contribution < 1.29 is 22.7 Å². The number of esters is 1. The second-order valence-corrected chi connectivity index (χ2v) is 13.6. The van der Waals surface area contributed by atoms with Crippen LogP contribution in [0.4, 0.5) is 17.5 Å². The largest absolute Gasteiger partial charge is 0.465 e. The fourth-order valence-corrected chi connectivity index (χ4v) is 8.44. The summed E-state index contributed by atoms with van der Waals surface area (Å²) in [6, 6.07) is 1.43. The predicted molar refractivity (Wildman–Crippen MR) is 143 cm³/mol. The van der Waals surface area contributed by atoms with Crippen molar-refractivity contribution in [1.82, 2.24) is 25.1 Å². The molecule has 4 aliphatic rings. The van der Waals surface area contributed by atoms with Crippen molar-refractivity contribution in [3.63, 3.8) is 0 Å². The number of hydrogen-bond acceptors (Lipinski definition) is 11. The van der Waals surface area contributed by atoms with Crippen LogP contribution in [0.5, 0.6) is 0 Å². The highest BCUT2D eigenvalue weighted by Crippen LogP contribution is 2.56. The van der Waals surface area contributed by atoms with Gasteiger partial charge in [0.1, 0.15) is 23.2 Å². The first-order valence-electron chi connectivity index (χ1n) is 13.5. The highest BCUT2D eigenvalue weighted by atomic mass is 32.2. The molecule has 2 aromatic heterocycles. The number of amides is 1. The Morgan fingerprint density at radius 1 is 1.08 bits per heavy atom. The van der Waals surface area contributed by atoms with Gasteiger partial charge in [-0.15, -0.1) is 5.10 Å². The van der Waals surface area contributed by atoms with Gasteiger partial charge in [0, 0.05) is 42.7 Å². The van der Waals surface area contributed by atoms with Crippen LogP contribution in [0.2, 0.25) is 0 Å². The zero-order chi connectivity index (χ0) is 27.5. The molecule has 3 fully saturated rings. The molecule has 1 saturated carbocycles. The molecule has 3 aliphatic heterocycles. The predicted octanol–water partition coefficient (Wildman–Crippen LogP) is 1.63. The van der Waals surface area contributed by atoms with Crippen LogP contribution in [0.3, 0.4) is 0 Å². The van der Waals surface area contributed by atoms with Gasteiger partial charge in [0.15, 0.2) is 15.7 Å². The Hall–Kier alpha value is -3.35. The van der Waals surface area contributed by atoms with Gasteiger partial charge in [-0.2, -0.15) is 5.10 Å². The molecule has 2 aromatic rings. The first-order chi connectivity index (χ1) is 18.6. The molecule has 1 aliphatic carbocycles. The molecule has 208 valence electrons. The van der Waals surface area contributed by atoms with E-state index in [0.29, 0.717) is 43.9 Å². The number of methoxy groups -OCH3 is 1. The Labute approximate surface area is 227 Å². The number of fused-ring (bicyclic) bond motifs is 2. The third-order valence-electron chi connectivity index (χ3n) is 8.85. The van der Waals surface area contributed by atoms with Crippen molar-refractivity contribution in [3.05, 3.63) is 29.7 Å². The van der Waals surface area contributed by atoms with Gasteiger partial charge in [-0.1, -0.05) is 6.42 Å². The number of carbonyl (C=O) groups is 2. The molecule has 3 atom stereocenters. The van der Waals surface area contributed by atoms with E-state index in [2.05, 4.69) is 27.0 Å². The van der Waals surface area contributed by atoms with E-state index < -0.39 is 21.1 Å². The molecule has 2 saturated heterocycles. The van der Waals surface area contributed by atoms with Gasteiger partial charge < -0.3 is 19.4 Å². The Morgan fingerprint density at radius 3 is 2.51 bits per heavy atom. The number of rotatable bonds is 4. The molecule has 0 N–H and O–H groups in total. The highest BCUT2D eigenvalue weighted by Gasteiger charge is 2.52. The molecular formula is C26H33N7O5S. The number of sulfone groups is 1. The zero-order valence-corrected chi connectivity index (χ0v) is 23.2. The fourth-order valence-electron chi connectivity index (χ4n) is 6.62. The molecule has 6 rings (SSSR count). The van der Waals surface area contributed by atoms with Gasteiger partial charge in [-0.05, 0) is 45.6 Å². The monoisotopic (exact) mass is 555 g/mol. The van der Waals surface area contributed by atoms with Gasteiger partial charge in [-0.3, -0.25) is 4.79 Å². The Morgan fingerprint density at radius 2 is 1.85 bits per heavy atom. The Kier molecular flexibility index (Phi) is 6.23. The second kappa shape index (κ2) is 9.39.